The summed E-state index contributed by atoms with van der Waals surface area (Å²) in [5, 5.41) is 8.64. The lowest BCUT2D eigenvalue weighted by Crippen LogP contribution is -2.29. The van der Waals surface area contributed by atoms with E-state index in [1.165, 1.54) is 0 Å². The van der Waals surface area contributed by atoms with E-state index in [0.29, 0.717) is 12.5 Å². The van der Waals surface area contributed by atoms with Crippen molar-refractivity contribution in [2.24, 2.45) is 11.8 Å². The van der Waals surface area contributed by atoms with Crippen LogP contribution in [-0.2, 0) is 9.59 Å². The Bertz CT molecular complexity index is 756. The molecule has 0 spiro atoms. The number of aryl methyl sites for hydroxylation is 1. The van der Waals surface area contributed by atoms with Crippen LogP contribution in [0.5, 0.6) is 0 Å². The summed E-state index contributed by atoms with van der Waals surface area (Å²) in [6.07, 6.45) is 1.23. The zero-order chi connectivity index (χ0) is 17.1. The second-order valence-electron chi connectivity index (χ2n) is 6.28. The topological polar surface area (TPSA) is 71.1 Å². The molecule has 0 bridgehead atoms. The molecule has 2 N–H and O–H groups in total. The van der Waals surface area contributed by atoms with Crippen LogP contribution in [0.25, 0.3) is 10.6 Å². The largest absolute Gasteiger partial charge is 0.355 e. The van der Waals surface area contributed by atoms with Crippen LogP contribution in [0.2, 0.25) is 0 Å². The standard InChI is InChI=1S/C18H21N3O2S/c1-11-8-15(11)17(23)19-7-6-16(22)21-14-5-3-4-13(9-14)18-20-12(2)10-24-18/h3-5,9-11,15H,6-8H2,1-2H3,(H,19,23)(H,21,22)/t11-,15-/m0/s1. The van der Waals surface area contributed by atoms with Crippen molar-refractivity contribution < 1.29 is 9.59 Å². The van der Waals surface area contributed by atoms with Crippen molar-refractivity contribution in [3.05, 3.63) is 35.3 Å². The zero-order valence-electron chi connectivity index (χ0n) is 13.8. The molecule has 1 aliphatic rings. The van der Waals surface area contributed by atoms with Gasteiger partial charge in [0.1, 0.15) is 5.01 Å². The number of nitrogens with one attached hydrogen (secondary N) is 2. The van der Waals surface area contributed by atoms with Crippen LogP contribution in [0.1, 0.15) is 25.5 Å². The van der Waals surface area contributed by atoms with E-state index in [4.69, 9.17) is 0 Å². The third-order valence-corrected chi connectivity index (χ3v) is 5.12. The Balaban J connectivity index is 1.50. The van der Waals surface area contributed by atoms with Gasteiger partial charge in [-0.3, -0.25) is 9.59 Å². The number of hydrogen-bond acceptors (Lipinski definition) is 4. The summed E-state index contributed by atoms with van der Waals surface area (Å²) < 4.78 is 0. The lowest BCUT2D eigenvalue weighted by atomic mass is 10.2. The summed E-state index contributed by atoms with van der Waals surface area (Å²) in [7, 11) is 0. The number of thiazole rings is 1. The van der Waals surface area contributed by atoms with Crippen molar-refractivity contribution in [2.75, 3.05) is 11.9 Å². The van der Waals surface area contributed by atoms with Crippen LogP contribution >= 0.6 is 11.3 Å². The van der Waals surface area contributed by atoms with E-state index < -0.39 is 0 Å². The van der Waals surface area contributed by atoms with Crippen molar-refractivity contribution >= 4 is 28.8 Å². The van der Waals surface area contributed by atoms with Crippen molar-refractivity contribution in [2.45, 2.75) is 26.7 Å². The predicted octanol–water partition coefficient (Wildman–Crippen LogP) is 3.22. The van der Waals surface area contributed by atoms with E-state index in [1.807, 2.05) is 36.6 Å². The molecule has 0 aliphatic heterocycles. The fourth-order valence-electron chi connectivity index (χ4n) is 2.56. The lowest BCUT2D eigenvalue weighted by molar-refractivity contribution is -0.122. The first-order valence-electron chi connectivity index (χ1n) is 8.13. The Morgan fingerprint density at radius 3 is 2.83 bits per heavy atom. The minimum atomic E-state index is -0.105. The molecule has 2 atom stereocenters. The van der Waals surface area contributed by atoms with Gasteiger partial charge in [-0.2, -0.15) is 0 Å². The molecule has 1 aromatic carbocycles. The number of anilines is 1. The van der Waals surface area contributed by atoms with Gasteiger partial charge in [-0.15, -0.1) is 11.3 Å². The number of benzene rings is 1. The molecule has 0 saturated heterocycles. The number of carbonyl (C=O) groups is 2. The van der Waals surface area contributed by atoms with Crippen LogP contribution < -0.4 is 10.6 Å². The first kappa shape index (κ1) is 16.6. The maximum Gasteiger partial charge on any atom is 0.226 e. The van der Waals surface area contributed by atoms with Gasteiger partial charge in [0.05, 0.1) is 0 Å². The Kier molecular flexibility index (Phi) is 4.94. The maximum atomic E-state index is 12.0. The van der Waals surface area contributed by atoms with Crippen LogP contribution in [0.15, 0.2) is 29.6 Å². The Morgan fingerprint density at radius 1 is 1.38 bits per heavy atom. The summed E-state index contributed by atoms with van der Waals surface area (Å²) >= 11 is 1.58. The molecule has 0 radical (unpaired) electrons. The molecule has 126 valence electrons. The summed E-state index contributed by atoms with van der Waals surface area (Å²) in [5.41, 5.74) is 2.72. The van der Waals surface area contributed by atoms with Gasteiger partial charge in [0, 0.05) is 41.2 Å². The van der Waals surface area contributed by atoms with Crippen molar-refractivity contribution in [3.63, 3.8) is 0 Å². The van der Waals surface area contributed by atoms with Crippen molar-refractivity contribution in [3.8, 4) is 10.6 Å². The highest BCUT2D eigenvalue weighted by Gasteiger charge is 2.38. The van der Waals surface area contributed by atoms with E-state index in [0.717, 1.165) is 28.4 Å². The Morgan fingerprint density at radius 2 is 2.17 bits per heavy atom. The molecule has 1 aliphatic carbocycles. The summed E-state index contributed by atoms with van der Waals surface area (Å²) in [4.78, 5) is 28.2. The van der Waals surface area contributed by atoms with Crippen molar-refractivity contribution in [1.82, 2.24) is 10.3 Å². The summed E-state index contributed by atoms with van der Waals surface area (Å²) in [6, 6.07) is 7.65. The van der Waals surface area contributed by atoms with Gasteiger partial charge in [-0.1, -0.05) is 19.1 Å². The van der Waals surface area contributed by atoms with E-state index in [2.05, 4.69) is 22.5 Å². The van der Waals surface area contributed by atoms with Gasteiger partial charge in [-0.05, 0) is 31.4 Å². The second kappa shape index (κ2) is 7.13. The van der Waals surface area contributed by atoms with Crippen molar-refractivity contribution in [1.29, 1.82) is 0 Å². The number of rotatable bonds is 6. The Labute approximate surface area is 145 Å². The average molecular weight is 343 g/mol. The van der Waals surface area contributed by atoms with Gasteiger partial charge < -0.3 is 10.6 Å². The molecule has 24 heavy (non-hydrogen) atoms. The number of carbonyl (C=O) groups excluding carboxylic acids is 2. The lowest BCUT2D eigenvalue weighted by Gasteiger charge is -2.07. The quantitative estimate of drug-likeness (QED) is 0.846. The smallest absolute Gasteiger partial charge is 0.226 e. The van der Waals surface area contributed by atoms with Gasteiger partial charge >= 0.3 is 0 Å². The minimum absolute atomic E-state index is 0.0661. The summed E-state index contributed by atoms with van der Waals surface area (Å²) in [6.45, 7) is 4.40. The number of hydrogen-bond donors (Lipinski definition) is 2. The molecule has 3 rings (SSSR count). The van der Waals surface area contributed by atoms with Gasteiger partial charge in [0.25, 0.3) is 0 Å². The molecule has 5 nitrogen and oxygen atoms in total. The normalized spacial score (nSPS) is 18.9. The predicted molar refractivity (Wildman–Crippen MR) is 95.8 cm³/mol. The van der Waals surface area contributed by atoms with Crippen LogP contribution in [0.3, 0.4) is 0 Å². The zero-order valence-corrected chi connectivity index (χ0v) is 14.7. The molecule has 2 aromatic rings. The first-order chi connectivity index (χ1) is 11.5. The molecule has 1 fully saturated rings. The van der Waals surface area contributed by atoms with E-state index >= 15 is 0 Å². The van der Waals surface area contributed by atoms with Gasteiger partial charge in [-0.25, -0.2) is 4.98 Å². The van der Waals surface area contributed by atoms with Crippen LogP contribution in [0.4, 0.5) is 5.69 Å². The first-order valence-corrected chi connectivity index (χ1v) is 9.01. The maximum absolute atomic E-state index is 12.0. The molecular weight excluding hydrogens is 322 g/mol. The molecule has 1 saturated carbocycles. The third-order valence-electron chi connectivity index (χ3n) is 4.11. The molecule has 1 aromatic heterocycles. The van der Waals surface area contributed by atoms with Crippen LogP contribution in [0, 0.1) is 18.8 Å². The highest BCUT2D eigenvalue weighted by molar-refractivity contribution is 7.13. The highest BCUT2D eigenvalue weighted by atomic mass is 32.1. The fourth-order valence-corrected chi connectivity index (χ4v) is 3.35. The highest BCUT2D eigenvalue weighted by Crippen LogP contribution is 2.37. The molecule has 1 heterocycles. The number of amides is 2. The van der Waals surface area contributed by atoms with E-state index in [-0.39, 0.29) is 24.2 Å². The molecule has 0 unspecified atom stereocenters. The molecule has 2 amide bonds. The second-order valence-corrected chi connectivity index (χ2v) is 7.14. The molecule has 6 heteroatoms. The SMILES string of the molecule is Cc1csc(-c2cccc(NC(=O)CCNC(=O)[C@H]3C[C@@H]3C)c2)n1. The third kappa shape index (κ3) is 4.20. The fraction of sp³-hybridized carbons (Fsp3) is 0.389. The molecular formula is C18H21N3O2S. The van der Waals surface area contributed by atoms with E-state index in [9.17, 15) is 9.59 Å². The van der Waals surface area contributed by atoms with Gasteiger partial charge in [0.15, 0.2) is 0 Å². The minimum Gasteiger partial charge on any atom is -0.355 e. The number of nitrogens with zero attached hydrogens (tertiary/aromatic N) is 1. The van der Waals surface area contributed by atoms with Crippen LogP contribution in [-0.4, -0.2) is 23.3 Å². The van der Waals surface area contributed by atoms with E-state index in [1.54, 1.807) is 11.3 Å². The van der Waals surface area contributed by atoms with Gasteiger partial charge in [0.2, 0.25) is 11.8 Å². The average Bonchev–Trinajstić information content (AvgIpc) is 3.12. The Hall–Kier alpha value is -2.21. The number of aromatic nitrogens is 1. The monoisotopic (exact) mass is 343 g/mol. The summed E-state index contributed by atoms with van der Waals surface area (Å²) in [5.74, 6) is 0.589.